The molecule has 0 radical (unpaired) electrons. The van der Waals surface area contributed by atoms with Gasteiger partial charge in [0.05, 0.1) is 25.6 Å². The Balaban J connectivity index is 1.89. The lowest BCUT2D eigenvalue weighted by Crippen LogP contribution is -2.58. The maximum Gasteiger partial charge on any atom is 0.335 e. The summed E-state index contributed by atoms with van der Waals surface area (Å²) in [6.07, 6.45) is 1.21. The van der Waals surface area contributed by atoms with Crippen LogP contribution in [0, 0.1) is 5.92 Å². The summed E-state index contributed by atoms with van der Waals surface area (Å²) < 4.78 is 10.2. The average Bonchev–Trinajstić information content (AvgIpc) is 2.68. The number of nitrogens with one attached hydrogen (secondary N) is 1. The van der Waals surface area contributed by atoms with Crippen molar-refractivity contribution in [2.75, 3.05) is 19.1 Å². The molecule has 8 nitrogen and oxygen atoms in total. The van der Waals surface area contributed by atoms with E-state index in [-0.39, 0.29) is 0 Å². The number of hydrogen-bond acceptors (Lipinski definition) is 6. The number of methoxy groups -OCH3 is 2. The van der Waals surface area contributed by atoms with Gasteiger partial charge in [-0.25, -0.2) is 9.69 Å². The van der Waals surface area contributed by atoms with Gasteiger partial charge >= 0.3 is 6.03 Å². The van der Waals surface area contributed by atoms with Crippen molar-refractivity contribution in [1.82, 2.24) is 5.32 Å². The van der Waals surface area contributed by atoms with Crippen molar-refractivity contribution in [3.8, 4) is 11.5 Å². The first-order valence-electron chi connectivity index (χ1n) is 8.04. The van der Waals surface area contributed by atoms with Crippen LogP contribution in [0.1, 0.15) is 0 Å². The fourth-order valence-corrected chi connectivity index (χ4v) is 2.57. The van der Waals surface area contributed by atoms with Crippen LogP contribution in [0.3, 0.4) is 0 Å². The molecule has 0 saturated carbocycles. The molecule has 1 aliphatic rings. The van der Waals surface area contributed by atoms with Crippen molar-refractivity contribution in [3.63, 3.8) is 0 Å². The first-order chi connectivity index (χ1) is 13.0. The zero-order valence-electron chi connectivity index (χ0n) is 14.7. The molecular formula is C19H17N3O5. The molecular weight excluding hydrogens is 350 g/mol. The van der Waals surface area contributed by atoms with E-state index >= 15 is 0 Å². The number of barbiturate groups is 1. The fourth-order valence-electron chi connectivity index (χ4n) is 2.57. The monoisotopic (exact) mass is 367 g/mol. The van der Waals surface area contributed by atoms with Gasteiger partial charge in [0.1, 0.15) is 11.5 Å². The standard InChI is InChI=1S/C19H17N3O5/c1-26-14-7-3-5-12(9-14)20-11-16-17(23)21-19(25)22(18(16)24)13-6-4-8-15(10-13)27-2/h3-11,16H,1-2H3,(H,21,23,25)/t16-/m1/s1. The molecule has 1 aliphatic heterocycles. The molecule has 1 saturated heterocycles. The van der Waals surface area contributed by atoms with Crippen LogP contribution >= 0.6 is 0 Å². The number of hydrogen-bond donors (Lipinski definition) is 1. The second-order valence-electron chi connectivity index (χ2n) is 5.63. The Morgan fingerprint density at radius 2 is 1.67 bits per heavy atom. The third kappa shape index (κ3) is 3.79. The van der Waals surface area contributed by atoms with E-state index < -0.39 is 23.8 Å². The number of rotatable bonds is 5. The normalized spacial score (nSPS) is 17.2. The van der Waals surface area contributed by atoms with Gasteiger partial charge in [0, 0.05) is 18.3 Å². The minimum absolute atomic E-state index is 0.295. The minimum Gasteiger partial charge on any atom is -0.497 e. The van der Waals surface area contributed by atoms with Gasteiger partial charge < -0.3 is 9.47 Å². The predicted molar refractivity (Wildman–Crippen MR) is 98.7 cm³/mol. The SMILES string of the molecule is COc1cccc(N=C[C@@H]2C(=O)NC(=O)N(c3cccc(OC)c3)C2=O)c1. The lowest BCUT2D eigenvalue weighted by Gasteiger charge is -2.28. The van der Waals surface area contributed by atoms with Crippen molar-refractivity contribution < 1.29 is 23.9 Å². The summed E-state index contributed by atoms with van der Waals surface area (Å²) in [5, 5.41) is 2.18. The Kier molecular flexibility index (Phi) is 5.16. The van der Waals surface area contributed by atoms with Crippen LogP contribution in [0.2, 0.25) is 0 Å². The van der Waals surface area contributed by atoms with E-state index in [4.69, 9.17) is 9.47 Å². The van der Waals surface area contributed by atoms with E-state index in [9.17, 15) is 14.4 Å². The molecule has 2 aromatic carbocycles. The van der Waals surface area contributed by atoms with Crippen LogP contribution in [0.4, 0.5) is 16.2 Å². The molecule has 8 heteroatoms. The number of carbonyl (C=O) groups is 3. The molecule has 138 valence electrons. The lowest BCUT2D eigenvalue weighted by atomic mass is 10.1. The van der Waals surface area contributed by atoms with E-state index in [1.54, 1.807) is 42.5 Å². The number of urea groups is 1. The van der Waals surface area contributed by atoms with Crippen LogP contribution in [0.15, 0.2) is 53.5 Å². The molecule has 0 spiro atoms. The van der Waals surface area contributed by atoms with E-state index in [1.165, 1.54) is 26.5 Å². The maximum atomic E-state index is 12.8. The highest BCUT2D eigenvalue weighted by atomic mass is 16.5. The molecule has 1 atom stereocenters. The molecule has 0 unspecified atom stereocenters. The van der Waals surface area contributed by atoms with Gasteiger partial charge in [-0.15, -0.1) is 0 Å². The summed E-state index contributed by atoms with van der Waals surface area (Å²) >= 11 is 0. The number of imide groups is 2. The Labute approximate surface area is 155 Å². The summed E-state index contributed by atoms with van der Waals surface area (Å²) in [6, 6.07) is 12.5. The van der Waals surface area contributed by atoms with Crippen LogP contribution in [-0.4, -0.2) is 38.3 Å². The summed E-state index contributed by atoms with van der Waals surface area (Å²) in [5.74, 6) is -1.58. The van der Waals surface area contributed by atoms with Crippen molar-refractivity contribution in [1.29, 1.82) is 0 Å². The third-order valence-corrected chi connectivity index (χ3v) is 3.94. The van der Waals surface area contributed by atoms with Crippen LogP contribution < -0.4 is 19.7 Å². The predicted octanol–water partition coefficient (Wildman–Crippen LogP) is 2.31. The highest BCUT2D eigenvalue weighted by Gasteiger charge is 2.40. The first-order valence-corrected chi connectivity index (χ1v) is 8.04. The van der Waals surface area contributed by atoms with Gasteiger partial charge in [-0.05, 0) is 24.3 Å². The number of anilines is 1. The van der Waals surface area contributed by atoms with Crippen molar-refractivity contribution in [2.24, 2.45) is 10.9 Å². The number of carbonyl (C=O) groups excluding carboxylic acids is 3. The lowest BCUT2D eigenvalue weighted by molar-refractivity contribution is -0.131. The third-order valence-electron chi connectivity index (χ3n) is 3.94. The van der Waals surface area contributed by atoms with E-state index in [1.807, 2.05) is 0 Å². The van der Waals surface area contributed by atoms with Crippen LogP contribution in [0.5, 0.6) is 11.5 Å². The van der Waals surface area contributed by atoms with Crippen LogP contribution in [-0.2, 0) is 9.59 Å². The maximum absolute atomic E-state index is 12.8. The first kappa shape index (κ1) is 18.1. The molecule has 0 aromatic heterocycles. The van der Waals surface area contributed by atoms with E-state index in [2.05, 4.69) is 10.3 Å². The van der Waals surface area contributed by atoms with Crippen molar-refractivity contribution in [2.45, 2.75) is 0 Å². The summed E-state index contributed by atoms with van der Waals surface area (Å²) in [7, 11) is 3.00. The average molecular weight is 367 g/mol. The molecule has 1 fully saturated rings. The second kappa shape index (κ2) is 7.69. The fraction of sp³-hybridized carbons (Fsp3) is 0.158. The molecule has 1 N–H and O–H groups in total. The Bertz CT molecular complexity index is 925. The molecule has 2 aromatic rings. The number of benzene rings is 2. The quantitative estimate of drug-likeness (QED) is 0.646. The van der Waals surface area contributed by atoms with E-state index in [0.29, 0.717) is 22.9 Å². The second-order valence-corrected chi connectivity index (χ2v) is 5.63. The van der Waals surface area contributed by atoms with Crippen LogP contribution in [0.25, 0.3) is 0 Å². The smallest absolute Gasteiger partial charge is 0.335 e. The molecule has 4 amide bonds. The molecule has 1 heterocycles. The summed E-state index contributed by atoms with van der Waals surface area (Å²) in [5.41, 5.74) is 0.809. The molecule has 0 bridgehead atoms. The Morgan fingerprint density at radius 3 is 2.37 bits per heavy atom. The summed E-state index contributed by atoms with van der Waals surface area (Å²) in [4.78, 5) is 42.2. The number of amides is 4. The highest BCUT2D eigenvalue weighted by Crippen LogP contribution is 2.25. The Hall–Kier alpha value is -3.68. The van der Waals surface area contributed by atoms with Gasteiger partial charge in [0.25, 0.3) is 5.91 Å². The topological polar surface area (TPSA) is 97.3 Å². The largest absolute Gasteiger partial charge is 0.497 e. The van der Waals surface area contributed by atoms with Gasteiger partial charge in [-0.1, -0.05) is 12.1 Å². The zero-order valence-corrected chi connectivity index (χ0v) is 14.7. The van der Waals surface area contributed by atoms with Gasteiger partial charge in [0.2, 0.25) is 5.91 Å². The summed E-state index contributed by atoms with van der Waals surface area (Å²) in [6.45, 7) is 0. The Morgan fingerprint density at radius 1 is 1.00 bits per heavy atom. The zero-order chi connectivity index (χ0) is 19.4. The van der Waals surface area contributed by atoms with Crippen molar-refractivity contribution >= 4 is 35.4 Å². The molecule has 27 heavy (non-hydrogen) atoms. The highest BCUT2D eigenvalue weighted by molar-refractivity contribution is 6.32. The molecule has 3 rings (SSSR count). The number of ether oxygens (including phenoxy) is 2. The van der Waals surface area contributed by atoms with E-state index in [0.717, 1.165) is 4.90 Å². The van der Waals surface area contributed by atoms with Gasteiger partial charge in [-0.3, -0.25) is 19.9 Å². The van der Waals surface area contributed by atoms with Crippen molar-refractivity contribution in [3.05, 3.63) is 48.5 Å². The number of nitrogens with zero attached hydrogens (tertiary/aromatic N) is 2. The number of aliphatic imine (C=N–C) groups is 1. The molecule has 0 aliphatic carbocycles. The minimum atomic E-state index is -1.24. The van der Waals surface area contributed by atoms with Gasteiger partial charge in [0.15, 0.2) is 5.92 Å². The van der Waals surface area contributed by atoms with Gasteiger partial charge in [-0.2, -0.15) is 0 Å².